The summed E-state index contributed by atoms with van der Waals surface area (Å²) in [5, 5.41) is 7.41. The zero-order chi connectivity index (χ0) is 35.1. The number of fused-ring (bicyclic) bond motifs is 11. The molecule has 0 radical (unpaired) electrons. The van der Waals surface area contributed by atoms with E-state index < -0.39 is 12.6 Å². The Morgan fingerprint density at radius 3 is 1.40 bits per heavy atom. The maximum Gasteiger partial charge on any atom is 0.171 e. The van der Waals surface area contributed by atoms with Crippen molar-refractivity contribution >= 4 is 44.6 Å². The van der Waals surface area contributed by atoms with Crippen LogP contribution in [0.3, 0.4) is 0 Å². The molecule has 1 spiro atoms. The fourth-order valence-corrected chi connectivity index (χ4v) is 12.4. The minimum atomic E-state index is -3.20. The lowest BCUT2D eigenvalue weighted by Gasteiger charge is -2.40. The molecular weight excluding hydrogens is 660 g/mol. The Hall–Kier alpha value is -6.27. The molecule has 0 fully saturated rings. The second-order valence-electron chi connectivity index (χ2n) is 14.2. The van der Waals surface area contributed by atoms with E-state index in [4.69, 9.17) is 0 Å². The van der Waals surface area contributed by atoms with Crippen molar-refractivity contribution in [1.82, 2.24) is 0 Å². The predicted octanol–water partition coefficient (Wildman–Crippen LogP) is 11.6. The molecule has 0 saturated heterocycles. The second kappa shape index (κ2) is 11.4. The van der Waals surface area contributed by atoms with Crippen LogP contribution in [0.1, 0.15) is 22.3 Å². The third kappa shape index (κ3) is 4.01. The molecule has 0 aliphatic heterocycles. The molecule has 2 aliphatic carbocycles. The maximum atomic E-state index is 15.6. The zero-order valence-electron chi connectivity index (χ0n) is 28.9. The summed E-state index contributed by atoms with van der Waals surface area (Å²) < 4.78 is 15.6. The molecule has 0 aromatic heterocycles. The standard InChI is InChI=1S/C51H33OP/c52-53(35-18-3-1-4-19-35,36-20-5-2-6-21-36)37-22-15-17-34(33-37)48-40-25-7-8-26-41(40)49-42-27-11-14-31-46(42)51(47-32-16-28-43(48)50(47)49)44-29-12-9-23-38(44)39-24-10-13-30-45(39)51/h1-33H. The van der Waals surface area contributed by atoms with E-state index in [0.29, 0.717) is 0 Å². The Balaban J connectivity index is 1.27. The Bertz CT molecular complexity index is 2890. The van der Waals surface area contributed by atoms with Crippen molar-refractivity contribution in [3.05, 3.63) is 222 Å². The van der Waals surface area contributed by atoms with Crippen molar-refractivity contribution in [2.75, 3.05) is 0 Å². The van der Waals surface area contributed by atoms with Crippen LogP contribution in [0.25, 0.3) is 54.9 Å². The molecule has 0 unspecified atom stereocenters. The van der Waals surface area contributed by atoms with Gasteiger partial charge in [-0.2, -0.15) is 0 Å². The van der Waals surface area contributed by atoms with Gasteiger partial charge in [0.1, 0.15) is 0 Å². The van der Waals surface area contributed by atoms with E-state index in [2.05, 4.69) is 140 Å². The van der Waals surface area contributed by atoms with Crippen molar-refractivity contribution < 1.29 is 4.57 Å². The van der Waals surface area contributed by atoms with Crippen molar-refractivity contribution in [3.8, 4) is 33.4 Å². The SMILES string of the molecule is O=P(c1ccccc1)(c1ccccc1)c1cccc(-c2c3ccccc3c3c4c(cccc24)C2(c4ccccc4-c4ccccc42)c2ccccc2-3)c1. The van der Waals surface area contributed by atoms with Crippen molar-refractivity contribution in [1.29, 1.82) is 0 Å². The van der Waals surface area contributed by atoms with Crippen LogP contribution in [-0.4, -0.2) is 0 Å². The Labute approximate surface area is 309 Å². The van der Waals surface area contributed by atoms with Crippen LogP contribution in [0.4, 0.5) is 0 Å². The Morgan fingerprint density at radius 1 is 0.340 bits per heavy atom. The molecule has 53 heavy (non-hydrogen) atoms. The van der Waals surface area contributed by atoms with Crippen LogP contribution < -0.4 is 15.9 Å². The van der Waals surface area contributed by atoms with Gasteiger partial charge in [0, 0.05) is 15.9 Å². The summed E-state index contributed by atoms with van der Waals surface area (Å²) in [7, 11) is -3.20. The van der Waals surface area contributed by atoms with Crippen LogP contribution in [0, 0.1) is 0 Å². The molecule has 248 valence electrons. The van der Waals surface area contributed by atoms with Gasteiger partial charge in [0.15, 0.2) is 7.14 Å². The lowest BCUT2D eigenvalue weighted by atomic mass is 9.60. The van der Waals surface area contributed by atoms with E-state index in [1.807, 2.05) is 60.7 Å². The Morgan fingerprint density at radius 2 is 0.774 bits per heavy atom. The Kier molecular flexibility index (Phi) is 6.51. The highest BCUT2D eigenvalue weighted by molar-refractivity contribution is 7.85. The lowest BCUT2D eigenvalue weighted by Crippen LogP contribution is -2.31. The van der Waals surface area contributed by atoms with Crippen molar-refractivity contribution in [2.45, 2.75) is 5.41 Å². The van der Waals surface area contributed by atoms with E-state index in [1.54, 1.807) is 0 Å². The van der Waals surface area contributed by atoms with E-state index in [1.165, 1.54) is 71.6 Å². The first-order valence-electron chi connectivity index (χ1n) is 18.3. The van der Waals surface area contributed by atoms with Gasteiger partial charge in [-0.15, -0.1) is 0 Å². The minimum Gasteiger partial charge on any atom is -0.309 e. The second-order valence-corrected chi connectivity index (χ2v) is 17.0. The van der Waals surface area contributed by atoms with Gasteiger partial charge in [0.25, 0.3) is 0 Å². The van der Waals surface area contributed by atoms with Crippen molar-refractivity contribution in [3.63, 3.8) is 0 Å². The summed E-state index contributed by atoms with van der Waals surface area (Å²) in [6.07, 6.45) is 0. The molecule has 0 bridgehead atoms. The van der Waals surface area contributed by atoms with Crippen LogP contribution in [0.5, 0.6) is 0 Å². The molecule has 0 N–H and O–H groups in total. The molecule has 2 aliphatic rings. The third-order valence-corrected chi connectivity index (χ3v) is 14.8. The largest absolute Gasteiger partial charge is 0.309 e. The number of hydrogen-bond donors (Lipinski definition) is 0. The maximum absolute atomic E-state index is 15.6. The molecule has 0 amide bonds. The molecule has 9 aromatic rings. The zero-order valence-corrected chi connectivity index (χ0v) is 29.8. The summed E-state index contributed by atoms with van der Waals surface area (Å²) in [5.41, 5.74) is 12.2. The van der Waals surface area contributed by atoms with Crippen LogP contribution in [0.15, 0.2) is 200 Å². The first kappa shape index (κ1) is 30.4. The number of benzene rings is 9. The lowest BCUT2D eigenvalue weighted by molar-refractivity contribution is 0.592. The average Bonchev–Trinajstić information content (AvgIpc) is 3.53. The first-order chi connectivity index (χ1) is 26.2. The van der Waals surface area contributed by atoms with Gasteiger partial charge in [-0.25, -0.2) is 0 Å². The fourth-order valence-electron chi connectivity index (χ4n) is 9.70. The van der Waals surface area contributed by atoms with Crippen LogP contribution in [0.2, 0.25) is 0 Å². The van der Waals surface area contributed by atoms with E-state index in [0.717, 1.165) is 21.5 Å². The average molecular weight is 693 g/mol. The molecule has 0 heterocycles. The smallest absolute Gasteiger partial charge is 0.171 e. The van der Waals surface area contributed by atoms with Gasteiger partial charge in [-0.3, -0.25) is 0 Å². The molecule has 11 rings (SSSR count). The summed E-state index contributed by atoms with van der Waals surface area (Å²) in [6.45, 7) is 0. The van der Waals surface area contributed by atoms with Gasteiger partial charge >= 0.3 is 0 Å². The molecule has 9 aromatic carbocycles. The monoisotopic (exact) mass is 692 g/mol. The highest BCUT2D eigenvalue weighted by Gasteiger charge is 2.50. The summed E-state index contributed by atoms with van der Waals surface area (Å²) in [4.78, 5) is 0. The molecule has 2 heteroatoms. The first-order valence-corrected chi connectivity index (χ1v) is 20.0. The molecular formula is C51H33OP. The van der Waals surface area contributed by atoms with E-state index in [-0.39, 0.29) is 0 Å². The van der Waals surface area contributed by atoms with Gasteiger partial charge in [0.05, 0.1) is 5.41 Å². The van der Waals surface area contributed by atoms with Gasteiger partial charge in [-0.1, -0.05) is 194 Å². The minimum absolute atomic E-state index is 0.478. The molecule has 0 saturated carbocycles. The highest BCUT2D eigenvalue weighted by Crippen LogP contribution is 2.63. The van der Waals surface area contributed by atoms with Crippen LogP contribution >= 0.6 is 7.14 Å². The normalized spacial score (nSPS) is 13.5. The van der Waals surface area contributed by atoms with E-state index in [9.17, 15) is 0 Å². The van der Waals surface area contributed by atoms with Gasteiger partial charge in [-0.05, 0) is 83.2 Å². The van der Waals surface area contributed by atoms with Crippen LogP contribution in [-0.2, 0) is 9.98 Å². The number of hydrogen-bond acceptors (Lipinski definition) is 1. The van der Waals surface area contributed by atoms with E-state index >= 15 is 4.57 Å². The predicted molar refractivity (Wildman–Crippen MR) is 223 cm³/mol. The topological polar surface area (TPSA) is 17.1 Å². The summed E-state index contributed by atoms with van der Waals surface area (Å²) in [6, 6.07) is 71.3. The molecule has 1 nitrogen and oxygen atoms in total. The van der Waals surface area contributed by atoms with Gasteiger partial charge in [0.2, 0.25) is 0 Å². The quantitative estimate of drug-likeness (QED) is 0.133. The summed E-state index contributed by atoms with van der Waals surface area (Å²) in [5.74, 6) is 0. The highest BCUT2D eigenvalue weighted by atomic mass is 31.2. The number of rotatable bonds is 4. The molecule has 0 atom stereocenters. The fraction of sp³-hybridized carbons (Fsp3) is 0.0196. The van der Waals surface area contributed by atoms with Gasteiger partial charge < -0.3 is 4.57 Å². The van der Waals surface area contributed by atoms with Crippen molar-refractivity contribution in [2.24, 2.45) is 0 Å². The third-order valence-electron chi connectivity index (χ3n) is 11.7. The summed E-state index contributed by atoms with van der Waals surface area (Å²) >= 11 is 0.